The summed E-state index contributed by atoms with van der Waals surface area (Å²) in [6.07, 6.45) is -2.50. The Morgan fingerprint density at radius 2 is 1.65 bits per heavy atom. The zero-order valence-corrected chi connectivity index (χ0v) is 27.5. The number of halogens is 3. The van der Waals surface area contributed by atoms with E-state index in [0.717, 1.165) is 65.9 Å². The number of piperidine rings is 1. The van der Waals surface area contributed by atoms with Crippen molar-refractivity contribution < 1.29 is 36.5 Å². The zero-order valence-electron chi connectivity index (χ0n) is 26.5. The first-order valence-corrected chi connectivity index (χ1v) is 17.4. The second-order valence-electron chi connectivity index (χ2n) is 11.6. The highest BCUT2D eigenvalue weighted by atomic mass is 31.1. The van der Waals surface area contributed by atoms with Crippen LogP contribution in [0.3, 0.4) is 0 Å². The summed E-state index contributed by atoms with van der Waals surface area (Å²) < 4.78 is 71.4. The maximum atomic E-state index is 12.5. The van der Waals surface area contributed by atoms with E-state index in [1.807, 2.05) is 61.5 Å². The molecule has 1 atom stereocenters. The Bertz CT molecular complexity index is 1840. The van der Waals surface area contributed by atoms with Gasteiger partial charge in [-0.2, -0.15) is 0 Å². The summed E-state index contributed by atoms with van der Waals surface area (Å²) in [5.41, 5.74) is 5.40. The van der Waals surface area contributed by atoms with Crippen molar-refractivity contribution in [2.45, 2.75) is 51.5 Å². The zero-order chi connectivity index (χ0) is 33.5. The van der Waals surface area contributed by atoms with Crippen LogP contribution in [-0.4, -0.2) is 47.0 Å². The first-order chi connectivity index (χ1) is 23.2. The molecule has 0 saturated carbocycles. The van der Waals surface area contributed by atoms with E-state index >= 15 is 0 Å². The number of fused-ring (bicyclic) bond motifs is 1. The van der Waals surface area contributed by atoms with Crippen LogP contribution in [0.15, 0.2) is 91.0 Å². The van der Waals surface area contributed by atoms with E-state index in [2.05, 4.69) is 31.7 Å². The van der Waals surface area contributed by atoms with Crippen molar-refractivity contribution in [1.29, 1.82) is 0 Å². The third kappa shape index (κ3) is 9.18. The Labute approximate surface area is 277 Å². The molecule has 0 amide bonds. The molecule has 0 aliphatic carbocycles. The molecule has 12 heteroatoms. The predicted octanol–water partition coefficient (Wildman–Crippen LogP) is 8.76. The molecule has 0 radical (unpaired) electrons. The number of para-hydroxylation sites is 2. The van der Waals surface area contributed by atoms with Gasteiger partial charge in [0.2, 0.25) is 0 Å². The SMILES string of the molecule is CCO[PH](=O)Cc1cccc(COc2ccccc2OC2CCN(Cc3ccc4nc(-c5ccc(OC(F)(F)F)cc5)[nH]c4c3)CC2)c1. The topological polar surface area (TPSA) is 85.9 Å². The van der Waals surface area contributed by atoms with Gasteiger partial charge in [0, 0.05) is 31.4 Å². The number of benzene rings is 4. The monoisotopic (exact) mass is 679 g/mol. The maximum Gasteiger partial charge on any atom is 0.573 e. The van der Waals surface area contributed by atoms with E-state index in [4.69, 9.17) is 14.0 Å². The van der Waals surface area contributed by atoms with E-state index in [9.17, 15) is 17.7 Å². The van der Waals surface area contributed by atoms with Crippen LogP contribution in [0.1, 0.15) is 36.5 Å². The van der Waals surface area contributed by atoms with Crippen LogP contribution in [0.25, 0.3) is 22.4 Å². The number of alkyl halides is 3. The number of likely N-dealkylation sites (tertiary alicyclic amines) is 1. The molecule has 1 aromatic heterocycles. The van der Waals surface area contributed by atoms with Gasteiger partial charge in [0.05, 0.1) is 17.6 Å². The Balaban J connectivity index is 1.01. The molecule has 0 bridgehead atoms. The van der Waals surface area contributed by atoms with Crippen molar-refractivity contribution in [3.63, 3.8) is 0 Å². The highest BCUT2D eigenvalue weighted by Crippen LogP contribution is 2.32. The van der Waals surface area contributed by atoms with Crippen LogP contribution in [0.2, 0.25) is 0 Å². The summed E-state index contributed by atoms with van der Waals surface area (Å²) in [4.78, 5) is 10.3. The molecule has 1 aliphatic rings. The van der Waals surface area contributed by atoms with Gasteiger partial charge in [-0.15, -0.1) is 13.2 Å². The van der Waals surface area contributed by atoms with Gasteiger partial charge >= 0.3 is 6.36 Å². The minimum Gasteiger partial charge on any atom is -0.486 e. The fourth-order valence-corrected chi connectivity index (χ4v) is 6.74. The highest BCUT2D eigenvalue weighted by Gasteiger charge is 2.31. The van der Waals surface area contributed by atoms with Crippen LogP contribution in [-0.2, 0) is 28.4 Å². The van der Waals surface area contributed by atoms with Crippen LogP contribution >= 0.6 is 8.03 Å². The number of aromatic amines is 1. The van der Waals surface area contributed by atoms with Crippen molar-refractivity contribution in [3.05, 3.63) is 108 Å². The van der Waals surface area contributed by atoms with E-state index in [0.29, 0.717) is 36.5 Å². The third-order valence-corrected chi connectivity index (χ3v) is 9.34. The number of hydrogen-bond donors (Lipinski definition) is 1. The van der Waals surface area contributed by atoms with E-state index in [1.165, 1.54) is 12.1 Å². The van der Waals surface area contributed by atoms with Crippen LogP contribution < -0.4 is 14.2 Å². The minimum absolute atomic E-state index is 0.0658. The smallest absolute Gasteiger partial charge is 0.486 e. The number of H-pyrrole nitrogens is 1. The summed E-state index contributed by atoms with van der Waals surface area (Å²) in [6.45, 7) is 5.19. The summed E-state index contributed by atoms with van der Waals surface area (Å²) in [6, 6.07) is 27.3. The van der Waals surface area contributed by atoms with Crippen molar-refractivity contribution in [2.24, 2.45) is 0 Å². The average molecular weight is 680 g/mol. The lowest BCUT2D eigenvalue weighted by atomic mass is 10.1. The molecule has 252 valence electrons. The maximum absolute atomic E-state index is 12.5. The Kier molecular flexibility index (Phi) is 10.7. The van der Waals surface area contributed by atoms with Gasteiger partial charge in [0.1, 0.15) is 24.3 Å². The molecule has 1 saturated heterocycles. The number of nitrogens with zero attached hydrogens (tertiary/aromatic N) is 2. The number of imidazole rings is 1. The molecule has 8 nitrogen and oxygen atoms in total. The minimum atomic E-state index is -4.73. The van der Waals surface area contributed by atoms with Crippen molar-refractivity contribution >= 4 is 19.1 Å². The van der Waals surface area contributed by atoms with Crippen LogP contribution in [0, 0.1) is 0 Å². The van der Waals surface area contributed by atoms with Crippen molar-refractivity contribution in [1.82, 2.24) is 14.9 Å². The molecule has 5 aromatic rings. The molecule has 6 rings (SSSR count). The quantitative estimate of drug-likeness (QED) is 0.125. The first kappa shape index (κ1) is 33.6. The molecule has 1 fully saturated rings. The second-order valence-corrected chi connectivity index (χ2v) is 13.0. The second kappa shape index (κ2) is 15.3. The normalized spacial score (nSPS) is 15.0. The molecule has 4 aromatic carbocycles. The Hall–Kier alpha value is -4.31. The number of nitrogens with one attached hydrogen (secondary N) is 1. The van der Waals surface area contributed by atoms with E-state index in [1.54, 1.807) is 12.1 Å². The molecule has 0 spiro atoms. The number of rotatable bonds is 13. The van der Waals surface area contributed by atoms with Crippen LogP contribution in [0.4, 0.5) is 13.2 Å². The average Bonchev–Trinajstić information content (AvgIpc) is 3.49. The molecule has 48 heavy (non-hydrogen) atoms. The van der Waals surface area contributed by atoms with Gasteiger partial charge in [-0.3, -0.25) is 9.46 Å². The lowest BCUT2D eigenvalue weighted by Gasteiger charge is -2.32. The molecule has 1 unspecified atom stereocenters. The molecular formula is C36H37F3N3O5P. The fraction of sp³-hybridized carbons (Fsp3) is 0.306. The highest BCUT2D eigenvalue weighted by molar-refractivity contribution is 7.38. The number of hydrogen-bond acceptors (Lipinski definition) is 7. The van der Waals surface area contributed by atoms with Gasteiger partial charge in [-0.05, 0) is 85.0 Å². The van der Waals surface area contributed by atoms with Crippen molar-refractivity contribution in [3.8, 4) is 28.6 Å². The molecular weight excluding hydrogens is 642 g/mol. The summed E-state index contributed by atoms with van der Waals surface area (Å²) >= 11 is 0. The number of ether oxygens (including phenoxy) is 3. The predicted molar refractivity (Wildman–Crippen MR) is 179 cm³/mol. The van der Waals surface area contributed by atoms with Gasteiger partial charge in [-0.25, -0.2) is 4.98 Å². The standard InChI is InChI=1S/C36H37F3N3O5P/c1-2-45-48(43)24-27-7-5-6-26(20-27)23-44-33-8-3-4-9-34(33)46-29-16-18-42(19-17-29)22-25-10-15-31-32(21-25)41-35(40-31)28-11-13-30(14-12-28)47-36(37,38)39/h3-15,20-21,29,48H,2,16-19,22-24H2,1H3,(H,40,41). The molecule has 1 N–H and O–H groups in total. The Morgan fingerprint density at radius 3 is 2.40 bits per heavy atom. The van der Waals surface area contributed by atoms with Gasteiger partial charge in [0.25, 0.3) is 0 Å². The van der Waals surface area contributed by atoms with E-state index in [-0.39, 0.29) is 11.9 Å². The summed E-state index contributed by atoms with van der Waals surface area (Å²) in [5, 5.41) is 0. The van der Waals surface area contributed by atoms with Gasteiger partial charge in [0.15, 0.2) is 19.5 Å². The molecule has 2 heterocycles. The van der Waals surface area contributed by atoms with Crippen LogP contribution in [0.5, 0.6) is 17.2 Å². The fourth-order valence-electron chi connectivity index (χ4n) is 5.77. The van der Waals surface area contributed by atoms with E-state index < -0.39 is 14.4 Å². The lowest BCUT2D eigenvalue weighted by Crippen LogP contribution is -2.37. The Morgan fingerprint density at radius 1 is 0.896 bits per heavy atom. The summed E-state index contributed by atoms with van der Waals surface area (Å²) in [5.74, 6) is 1.71. The van der Waals surface area contributed by atoms with Gasteiger partial charge < -0.3 is 23.7 Å². The summed E-state index contributed by atoms with van der Waals surface area (Å²) in [7, 11) is -2.09. The molecule has 1 aliphatic heterocycles. The number of aromatic nitrogens is 2. The van der Waals surface area contributed by atoms with Gasteiger partial charge in [-0.1, -0.05) is 42.5 Å². The van der Waals surface area contributed by atoms with Crippen molar-refractivity contribution in [2.75, 3.05) is 19.7 Å². The first-order valence-electron chi connectivity index (χ1n) is 15.9. The lowest BCUT2D eigenvalue weighted by molar-refractivity contribution is -0.274. The third-order valence-electron chi connectivity index (χ3n) is 8.03. The largest absolute Gasteiger partial charge is 0.573 e.